The Bertz CT molecular complexity index is 333. The third kappa shape index (κ3) is 2.39. The molecule has 2 rings (SSSR count). The maximum atomic E-state index is 9.86. The molecule has 0 bridgehead atoms. The number of benzene rings is 1. The highest BCUT2D eigenvalue weighted by Gasteiger charge is 2.14. The van der Waals surface area contributed by atoms with Gasteiger partial charge >= 0.3 is 0 Å². The summed E-state index contributed by atoms with van der Waals surface area (Å²) in [7, 11) is 0. The van der Waals surface area contributed by atoms with E-state index in [-0.39, 0.29) is 0 Å². The molecular formula is C13H18O2. The van der Waals surface area contributed by atoms with Gasteiger partial charge in [0.25, 0.3) is 0 Å². The predicted octanol–water partition coefficient (Wildman–Crippen LogP) is 2.25. The Labute approximate surface area is 90.9 Å². The van der Waals surface area contributed by atoms with Crippen molar-refractivity contribution in [3.8, 4) is 0 Å². The second kappa shape index (κ2) is 4.77. The normalized spacial score (nSPS) is 16.4. The fraction of sp³-hybridized carbons (Fsp3) is 0.538. The number of aryl methyl sites for hydroxylation is 2. The van der Waals surface area contributed by atoms with Crippen molar-refractivity contribution in [2.24, 2.45) is 0 Å². The largest absolute Gasteiger partial charge is 0.386 e. The van der Waals surface area contributed by atoms with Crippen molar-refractivity contribution in [2.75, 3.05) is 13.2 Å². The summed E-state index contributed by atoms with van der Waals surface area (Å²) in [5.74, 6) is 0. The van der Waals surface area contributed by atoms with Crippen LogP contribution >= 0.6 is 0 Å². The van der Waals surface area contributed by atoms with E-state index in [9.17, 15) is 5.11 Å². The van der Waals surface area contributed by atoms with Crippen molar-refractivity contribution in [2.45, 2.75) is 32.3 Å². The van der Waals surface area contributed by atoms with Gasteiger partial charge in [0.2, 0.25) is 0 Å². The fourth-order valence-electron chi connectivity index (χ4n) is 2.12. The van der Waals surface area contributed by atoms with E-state index in [2.05, 4.69) is 12.1 Å². The Morgan fingerprint density at radius 3 is 2.93 bits per heavy atom. The maximum absolute atomic E-state index is 9.86. The third-order valence-corrected chi connectivity index (χ3v) is 2.99. The number of aliphatic hydroxyl groups is 1. The zero-order chi connectivity index (χ0) is 10.7. The summed E-state index contributed by atoms with van der Waals surface area (Å²) < 4.78 is 5.22. The van der Waals surface area contributed by atoms with Crippen LogP contribution in [0.2, 0.25) is 0 Å². The average molecular weight is 206 g/mol. The molecular weight excluding hydrogens is 188 g/mol. The molecule has 0 spiro atoms. The molecule has 0 saturated carbocycles. The highest BCUT2D eigenvalue weighted by Crippen LogP contribution is 2.25. The van der Waals surface area contributed by atoms with E-state index in [1.54, 1.807) is 0 Å². The van der Waals surface area contributed by atoms with Crippen LogP contribution in [0.1, 0.15) is 36.1 Å². The smallest absolute Gasteiger partial charge is 0.102 e. The van der Waals surface area contributed by atoms with Gasteiger partial charge in [-0.3, -0.25) is 0 Å². The summed E-state index contributed by atoms with van der Waals surface area (Å²) in [6.07, 6.45) is 3.12. The van der Waals surface area contributed by atoms with Crippen LogP contribution in [0.15, 0.2) is 18.2 Å². The van der Waals surface area contributed by atoms with Crippen LogP contribution < -0.4 is 0 Å². The predicted molar refractivity (Wildman–Crippen MR) is 59.9 cm³/mol. The number of rotatable bonds is 4. The molecule has 1 N–H and O–H groups in total. The van der Waals surface area contributed by atoms with Gasteiger partial charge in [0.1, 0.15) is 6.10 Å². The molecule has 15 heavy (non-hydrogen) atoms. The second-order valence-corrected chi connectivity index (χ2v) is 4.06. The van der Waals surface area contributed by atoms with Crippen molar-refractivity contribution in [1.82, 2.24) is 0 Å². The van der Waals surface area contributed by atoms with E-state index in [1.165, 1.54) is 24.0 Å². The van der Waals surface area contributed by atoms with Gasteiger partial charge in [-0.05, 0) is 42.9 Å². The molecule has 1 aliphatic rings. The Morgan fingerprint density at radius 1 is 1.33 bits per heavy atom. The highest BCUT2D eigenvalue weighted by atomic mass is 16.5. The monoisotopic (exact) mass is 206 g/mol. The first-order valence-electron chi connectivity index (χ1n) is 5.68. The quantitative estimate of drug-likeness (QED) is 0.818. The molecule has 0 saturated heterocycles. The first kappa shape index (κ1) is 10.7. The molecule has 1 aromatic carbocycles. The lowest BCUT2D eigenvalue weighted by molar-refractivity contribution is 0.0420. The summed E-state index contributed by atoms with van der Waals surface area (Å²) in [6, 6.07) is 6.30. The van der Waals surface area contributed by atoms with Crippen LogP contribution in [0, 0.1) is 0 Å². The van der Waals surface area contributed by atoms with Crippen molar-refractivity contribution >= 4 is 0 Å². The molecule has 2 nitrogen and oxygen atoms in total. The lowest BCUT2D eigenvalue weighted by Crippen LogP contribution is -2.07. The second-order valence-electron chi connectivity index (χ2n) is 4.06. The minimum absolute atomic E-state index is 0.398. The molecule has 0 aliphatic heterocycles. The summed E-state index contributed by atoms with van der Waals surface area (Å²) in [6.45, 7) is 2.99. The minimum Gasteiger partial charge on any atom is -0.386 e. The summed E-state index contributed by atoms with van der Waals surface area (Å²) in [5, 5.41) is 9.86. The standard InChI is InChI=1S/C13H18O2/c1-2-15-9-13(14)12-7-6-10-4-3-5-11(10)8-12/h6-8,13-14H,2-5,9H2,1H3. The number of aliphatic hydroxyl groups excluding tert-OH is 1. The van der Waals surface area contributed by atoms with Gasteiger partial charge in [0, 0.05) is 6.61 Å². The first-order chi connectivity index (χ1) is 7.31. The zero-order valence-corrected chi connectivity index (χ0v) is 9.20. The van der Waals surface area contributed by atoms with Crippen molar-refractivity contribution in [3.63, 3.8) is 0 Å². The molecule has 0 heterocycles. The number of hydrogen-bond acceptors (Lipinski definition) is 2. The highest BCUT2D eigenvalue weighted by molar-refractivity contribution is 5.36. The van der Waals surface area contributed by atoms with E-state index in [4.69, 9.17) is 4.74 Å². The summed E-state index contributed by atoms with van der Waals surface area (Å²) in [5.41, 5.74) is 3.84. The molecule has 2 heteroatoms. The molecule has 1 unspecified atom stereocenters. The van der Waals surface area contributed by atoms with E-state index in [0.717, 1.165) is 12.0 Å². The van der Waals surface area contributed by atoms with Gasteiger partial charge in [0.15, 0.2) is 0 Å². The van der Waals surface area contributed by atoms with Crippen LogP contribution in [-0.2, 0) is 17.6 Å². The fourth-order valence-corrected chi connectivity index (χ4v) is 2.12. The van der Waals surface area contributed by atoms with Gasteiger partial charge in [-0.25, -0.2) is 0 Å². The third-order valence-electron chi connectivity index (χ3n) is 2.99. The average Bonchev–Trinajstić information content (AvgIpc) is 2.72. The van der Waals surface area contributed by atoms with Crippen molar-refractivity contribution in [1.29, 1.82) is 0 Å². The molecule has 1 aliphatic carbocycles. The number of fused-ring (bicyclic) bond motifs is 1. The SMILES string of the molecule is CCOCC(O)c1ccc2c(c1)CCC2. The molecule has 82 valence electrons. The Balaban J connectivity index is 2.08. The molecule has 0 aromatic heterocycles. The van der Waals surface area contributed by atoms with E-state index >= 15 is 0 Å². The first-order valence-corrected chi connectivity index (χ1v) is 5.68. The van der Waals surface area contributed by atoms with Crippen molar-refractivity contribution in [3.05, 3.63) is 34.9 Å². The summed E-state index contributed by atoms with van der Waals surface area (Å²) >= 11 is 0. The van der Waals surface area contributed by atoms with E-state index < -0.39 is 6.10 Å². The Kier molecular flexibility index (Phi) is 3.39. The summed E-state index contributed by atoms with van der Waals surface area (Å²) in [4.78, 5) is 0. The molecule has 1 atom stereocenters. The van der Waals surface area contributed by atoms with Gasteiger partial charge in [-0.15, -0.1) is 0 Å². The molecule has 0 fully saturated rings. The number of ether oxygens (including phenoxy) is 1. The van der Waals surface area contributed by atoms with Crippen LogP contribution in [0.3, 0.4) is 0 Å². The van der Waals surface area contributed by atoms with Crippen LogP contribution in [0.4, 0.5) is 0 Å². The molecule has 0 amide bonds. The van der Waals surface area contributed by atoms with Gasteiger partial charge in [-0.2, -0.15) is 0 Å². The van der Waals surface area contributed by atoms with Crippen LogP contribution in [-0.4, -0.2) is 18.3 Å². The van der Waals surface area contributed by atoms with Gasteiger partial charge < -0.3 is 9.84 Å². The van der Waals surface area contributed by atoms with Gasteiger partial charge in [0.05, 0.1) is 6.61 Å². The van der Waals surface area contributed by atoms with Crippen LogP contribution in [0.25, 0.3) is 0 Å². The Hall–Kier alpha value is -0.860. The van der Waals surface area contributed by atoms with E-state index in [0.29, 0.717) is 13.2 Å². The van der Waals surface area contributed by atoms with Crippen molar-refractivity contribution < 1.29 is 9.84 Å². The maximum Gasteiger partial charge on any atom is 0.102 e. The molecule has 0 radical (unpaired) electrons. The minimum atomic E-state index is -0.476. The molecule has 1 aromatic rings. The lowest BCUT2D eigenvalue weighted by atomic mass is 10.0. The lowest BCUT2D eigenvalue weighted by Gasteiger charge is -2.12. The number of hydrogen-bond donors (Lipinski definition) is 1. The van der Waals surface area contributed by atoms with Crippen LogP contribution in [0.5, 0.6) is 0 Å². The van der Waals surface area contributed by atoms with E-state index in [1.807, 2.05) is 13.0 Å². The Morgan fingerprint density at radius 2 is 2.13 bits per heavy atom. The topological polar surface area (TPSA) is 29.5 Å². The van der Waals surface area contributed by atoms with Gasteiger partial charge in [-0.1, -0.05) is 18.2 Å². The zero-order valence-electron chi connectivity index (χ0n) is 9.20.